The van der Waals surface area contributed by atoms with Crippen molar-refractivity contribution < 1.29 is 9.78 Å². The van der Waals surface area contributed by atoms with Gasteiger partial charge in [0.15, 0.2) is 0 Å². The molecule has 0 rings (SSSR count). The SMILES string of the molecule is CCCN(CC)C/C=C/OOC. The molecule has 12 heavy (non-hydrogen) atoms. The Morgan fingerprint density at radius 1 is 1.33 bits per heavy atom. The van der Waals surface area contributed by atoms with Crippen LogP contribution in [0.2, 0.25) is 0 Å². The predicted molar refractivity (Wildman–Crippen MR) is 49.6 cm³/mol. The van der Waals surface area contributed by atoms with Crippen LogP contribution in [0.3, 0.4) is 0 Å². The fourth-order valence-corrected chi connectivity index (χ4v) is 0.982. The van der Waals surface area contributed by atoms with E-state index in [1.807, 2.05) is 6.08 Å². The van der Waals surface area contributed by atoms with Gasteiger partial charge in [-0.3, -0.25) is 4.90 Å². The largest absolute Gasteiger partial charge is 0.346 e. The lowest BCUT2D eigenvalue weighted by Gasteiger charge is -2.16. The van der Waals surface area contributed by atoms with Crippen molar-refractivity contribution in [1.29, 1.82) is 0 Å². The first-order chi connectivity index (χ1) is 5.85. The molecule has 3 nitrogen and oxygen atoms in total. The van der Waals surface area contributed by atoms with Crippen LogP contribution in [0.5, 0.6) is 0 Å². The fraction of sp³-hybridized carbons (Fsp3) is 0.778. The van der Waals surface area contributed by atoms with E-state index in [2.05, 4.69) is 28.5 Å². The smallest absolute Gasteiger partial charge is 0.126 e. The minimum absolute atomic E-state index is 0.924. The lowest BCUT2D eigenvalue weighted by Crippen LogP contribution is -2.24. The molecule has 0 aromatic heterocycles. The van der Waals surface area contributed by atoms with Gasteiger partial charge in [0.05, 0.1) is 7.11 Å². The molecule has 0 radical (unpaired) electrons. The molecule has 0 atom stereocenters. The summed E-state index contributed by atoms with van der Waals surface area (Å²) in [5, 5.41) is 0. The molecule has 3 heteroatoms. The monoisotopic (exact) mass is 173 g/mol. The molecule has 0 saturated heterocycles. The molecule has 0 aliphatic heterocycles. The van der Waals surface area contributed by atoms with Gasteiger partial charge in [-0.25, -0.2) is 0 Å². The molecule has 0 saturated carbocycles. The average molecular weight is 173 g/mol. The molecule has 0 aliphatic rings. The molecular weight excluding hydrogens is 154 g/mol. The summed E-state index contributed by atoms with van der Waals surface area (Å²) in [6.45, 7) is 7.46. The summed E-state index contributed by atoms with van der Waals surface area (Å²) in [4.78, 5) is 11.3. The maximum atomic E-state index is 4.60. The fourth-order valence-electron chi connectivity index (χ4n) is 0.982. The van der Waals surface area contributed by atoms with Crippen LogP contribution in [0.25, 0.3) is 0 Å². The molecule has 0 amide bonds. The first-order valence-corrected chi connectivity index (χ1v) is 4.42. The molecule has 0 fully saturated rings. The van der Waals surface area contributed by atoms with Crippen molar-refractivity contribution in [3.05, 3.63) is 12.3 Å². The first-order valence-electron chi connectivity index (χ1n) is 4.42. The van der Waals surface area contributed by atoms with Crippen LogP contribution in [0, 0.1) is 0 Å². The third-order valence-corrected chi connectivity index (χ3v) is 1.60. The van der Waals surface area contributed by atoms with E-state index >= 15 is 0 Å². The highest BCUT2D eigenvalue weighted by molar-refractivity contribution is 4.77. The number of hydrogen-bond donors (Lipinski definition) is 0. The summed E-state index contributed by atoms with van der Waals surface area (Å²) in [6, 6.07) is 0. The van der Waals surface area contributed by atoms with Gasteiger partial charge in [0, 0.05) is 6.54 Å². The topological polar surface area (TPSA) is 21.7 Å². The van der Waals surface area contributed by atoms with Gasteiger partial charge in [-0.1, -0.05) is 13.8 Å². The normalized spacial score (nSPS) is 11.3. The van der Waals surface area contributed by atoms with Gasteiger partial charge in [-0.2, -0.15) is 4.89 Å². The Bertz CT molecular complexity index is 115. The molecule has 0 aromatic rings. The standard InChI is InChI=1S/C9H19NO2/c1-4-7-10(5-2)8-6-9-12-11-3/h6,9H,4-5,7-8H2,1-3H3/b9-6+. The van der Waals surface area contributed by atoms with Crippen LogP contribution in [-0.2, 0) is 9.78 Å². The summed E-state index contributed by atoms with van der Waals surface area (Å²) < 4.78 is 0. The lowest BCUT2D eigenvalue weighted by molar-refractivity contribution is -0.222. The summed E-state index contributed by atoms with van der Waals surface area (Å²) in [6.07, 6.45) is 4.70. The molecule has 0 heterocycles. The van der Waals surface area contributed by atoms with Crippen LogP contribution in [-0.4, -0.2) is 31.6 Å². The molecule has 0 aliphatic carbocycles. The van der Waals surface area contributed by atoms with E-state index in [-0.39, 0.29) is 0 Å². The minimum Gasteiger partial charge on any atom is -0.346 e. The Labute approximate surface area is 74.9 Å². The third-order valence-electron chi connectivity index (χ3n) is 1.60. The second-order valence-electron chi connectivity index (χ2n) is 2.53. The first kappa shape index (κ1) is 11.5. The van der Waals surface area contributed by atoms with Crippen molar-refractivity contribution in [2.45, 2.75) is 20.3 Å². The van der Waals surface area contributed by atoms with E-state index < -0.39 is 0 Å². The summed E-state index contributed by atoms with van der Waals surface area (Å²) >= 11 is 0. The van der Waals surface area contributed by atoms with E-state index in [9.17, 15) is 0 Å². The Balaban J connectivity index is 3.42. The van der Waals surface area contributed by atoms with Crippen molar-refractivity contribution in [2.75, 3.05) is 26.7 Å². The van der Waals surface area contributed by atoms with Gasteiger partial charge in [0.2, 0.25) is 0 Å². The third kappa shape index (κ3) is 6.19. The van der Waals surface area contributed by atoms with Gasteiger partial charge in [-0.05, 0) is 25.6 Å². The van der Waals surface area contributed by atoms with Crippen molar-refractivity contribution >= 4 is 0 Å². The predicted octanol–water partition coefficient (Wildman–Crippen LogP) is 1.81. The Morgan fingerprint density at radius 3 is 2.58 bits per heavy atom. The number of hydrogen-bond acceptors (Lipinski definition) is 3. The van der Waals surface area contributed by atoms with Crippen LogP contribution in [0.1, 0.15) is 20.3 Å². The van der Waals surface area contributed by atoms with Gasteiger partial charge < -0.3 is 4.89 Å². The highest BCUT2D eigenvalue weighted by Gasteiger charge is 1.95. The summed E-state index contributed by atoms with van der Waals surface area (Å²) in [5.41, 5.74) is 0. The van der Waals surface area contributed by atoms with Crippen LogP contribution in [0.4, 0.5) is 0 Å². The zero-order valence-corrected chi connectivity index (χ0v) is 8.25. The summed E-state index contributed by atoms with van der Waals surface area (Å²) in [7, 11) is 1.49. The van der Waals surface area contributed by atoms with E-state index in [1.165, 1.54) is 13.5 Å². The molecule has 0 N–H and O–H groups in total. The molecule has 0 unspecified atom stereocenters. The second kappa shape index (κ2) is 8.56. The molecular formula is C9H19NO2. The second-order valence-corrected chi connectivity index (χ2v) is 2.53. The van der Waals surface area contributed by atoms with Crippen molar-refractivity contribution in [3.63, 3.8) is 0 Å². The van der Waals surface area contributed by atoms with Gasteiger partial charge in [-0.15, -0.1) is 0 Å². The zero-order chi connectivity index (χ0) is 9.23. The summed E-state index contributed by atoms with van der Waals surface area (Å²) in [5.74, 6) is 0. The quantitative estimate of drug-likeness (QED) is 0.333. The van der Waals surface area contributed by atoms with E-state index in [4.69, 9.17) is 0 Å². The van der Waals surface area contributed by atoms with Crippen molar-refractivity contribution in [2.24, 2.45) is 0 Å². The van der Waals surface area contributed by atoms with Crippen LogP contribution < -0.4 is 0 Å². The van der Waals surface area contributed by atoms with Gasteiger partial charge in [0.25, 0.3) is 0 Å². The maximum absolute atomic E-state index is 4.60. The maximum Gasteiger partial charge on any atom is 0.126 e. The lowest BCUT2D eigenvalue weighted by atomic mass is 10.4. The molecule has 0 spiro atoms. The van der Waals surface area contributed by atoms with E-state index in [1.54, 1.807) is 6.26 Å². The Hall–Kier alpha value is -0.540. The van der Waals surface area contributed by atoms with Crippen molar-refractivity contribution in [1.82, 2.24) is 4.90 Å². The Morgan fingerprint density at radius 2 is 2.08 bits per heavy atom. The van der Waals surface area contributed by atoms with Gasteiger partial charge in [0.1, 0.15) is 6.26 Å². The molecule has 0 bridgehead atoms. The molecule has 0 aromatic carbocycles. The van der Waals surface area contributed by atoms with Crippen molar-refractivity contribution in [3.8, 4) is 0 Å². The highest BCUT2D eigenvalue weighted by atomic mass is 17.2. The molecule has 72 valence electrons. The average Bonchev–Trinajstić information content (AvgIpc) is 2.10. The van der Waals surface area contributed by atoms with Crippen LogP contribution in [0.15, 0.2) is 12.3 Å². The number of likely N-dealkylation sites (N-methyl/N-ethyl adjacent to an activating group) is 1. The highest BCUT2D eigenvalue weighted by Crippen LogP contribution is 1.91. The van der Waals surface area contributed by atoms with Crippen LogP contribution >= 0.6 is 0 Å². The number of rotatable bonds is 7. The van der Waals surface area contributed by atoms with Gasteiger partial charge >= 0.3 is 0 Å². The zero-order valence-electron chi connectivity index (χ0n) is 8.25. The minimum atomic E-state index is 0.924. The number of nitrogens with zero attached hydrogens (tertiary/aromatic N) is 1. The van der Waals surface area contributed by atoms with E-state index in [0.29, 0.717) is 0 Å². The Kier molecular flexibility index (Phi) is 8.17. The van der Waals surface area contributed by atoms with E-state index in [0.717, 1.165) is 19.6 Å².